The average molecular weight is 346 g/mol. The van der Waals surface area contributed by atoms with Crippen LogP contribution in [0.1, 0.15) is 37.1 Å². The van der Waals surface area contributed by atoms with Crippen LogP contribution in [-0.2, 0) is 6.42 Å². The van der Waals surface area contributed by atoms with Crippen LogP contribution in [0, 0.1) is 0 Å². The number of nitrogens with two attached hydrogens (primary N) is 1. The minimum Gasteiger partial charge on any atom is -0.383 e. The number of hydrogen-bond acceptors (Lipinski definition) is 4. The third kappa shape index (κ3) is 2.76. The number of anilines is 1. The number of H-pyrrole nitrogens is 1. The normalized spacial score (nSPS) is 11.4. The van der Waals surface area contributed by atoms with Gasteiger partial charge < -0.3 is 10.7 Å². The van der Waals surface area contributed by atoms with Gasteiger partial charge in [0.05, 0.1) is 27.6 Å². The highest BCUT2D eigenvalue weighted by Gasteiger charge is 2.14. The SMILES string of the molecule is CC(C)c1nc(Cc2nc3ccccc3[nH]2)nc(N)c1Br. The van der Waals surface area contributed by atoms with Gasteiger partial charge in [-0.25, -0.2) is 15.0 Å². The molecule has 0 atom stereocenters. The van der Waals surface area contributed by atoms with Crippen LogP contribution in [0.5, 0.6) is 0 Å². The van der Waals surface area contributed by atoms with E-state index in [-0.39, 0.29) is 5.92 Å². The molecule has 0 aliphatic rings. The molecule has 108 valence electrons. The van der Waals surface area contributed by atoms with Crippen molar-refractivity contribution >= 4 is 32.8 Å². The van der Waals surface area contributed by atoms with Crippen molar-refractivity contribution in [3.63, 3.8) is 0 Å². The first-order valence-electron chi connectivity index (χ1n) is 6.80. The van der Waals surface area contributed by atoms with E-state index in [2.05, 4.69) is 49.7 Å². The molecule has 0 saturated heterocycles. The van der Waals surface area contributed by atoms with Crippen LogP contribution in [0.4, 0.5) is 5.82 Å². The molecule has 0 bridgehead atoms. The zero-order valence-electron chi connectivity index (χ0n) is 11.9. The monoisotopic (exact) mass is 345 g/mol. The van der Waals surface area contributed by atoms with Crippen LogP contribution in [0.2, 0.25) is 0 Å². The van der Waals surface area contributed by atoms with Crippen LogP contribution in [0.15, 0.2) is 28.7 Å². The number of imidazole rings is 1. The van der Waals surface area contributed by atoms with Gasteiger partial charge in [-0.2, -0.15) is 0 Å². The standard InChI is InChI=1S/C15H16BrN5/c1-8(2)14-13(16)15(17)21-12(20-14)7-11-18-9-5-3-4-6-10(9)19-11/h3-6,8H,7H2,1-2H3,(H,18,19)(H2,17,20,21). The Hall–Kier alpha value is -1.95. The summed E-state index contributed by atoms with van der Waals surface area (Å²) < 4.78 is 0.783. The van der Waals surface area contributed by atoms with Gasteiger partial charge in [0, 0.05) is 0 Å². The number of aromatic amines is 1. The largest absolute Gasteiger partial charge is 0.383 e. The zero-order chi connectivity index (χ0) is 15.0. The van der Waals surface area contributed by atoms with Gasteiger partial charge >= 0.3 is 0 Å². The fraction of sp³-hybridized carbons (Fsp3) is 0.267. The van der Waals surface area contributed by atoms with Gasteiger partial charge in [0.15, 0.2) is 0 Å². The Kier molecular flexibility index (Phi) is 3.63. The van der Waals surface area contributed by atoms with Crippen LogP contribution in [-0.4, -0.2) is 19.9 Å². The van der Waals surface area contributed by atoms with E-state index in [0.717, 1.165) is 27.0 Å². The number of fused-ring (bicyclic) bond motifs is 1. The average Bonchev–Trinajstić information content (AvgIpc) is 2.84. The van der Waals surface area contributed by atoms with E-state index in [4.69, 9.17) is 5.73 Å². The molecule has 3 N–H and O–H groups in total. The van der Waals surface area contributed by atoms with E-state index >= 15 is 0 Å². The molecular weight excluding hydrogens is 330 g/mol. The van der Waals surface area contributed by atoms with Crippen molar-refractivity contribution in [2.75, 3.05) is 5.73 Å². The maximum absolute atomic E-state index is 5.96. The van der Waals surface area contributed by atoms with Crippen molar-refractivity contribution in [1.29, 1.82) is 0 Å². The van der Waals surface area contributed by atoms with Gasteiger partial charge in [-0.1, -0.05) is 26.0 Å². The Bertz CT molecular complexity index is 761. The van der Waals surface area contributed by atoms with Crippen molar-refractivity contribution in [2.24, 2.45) is 0 Å². The van der Waals surface area contributed by atoms with E-state index < -0.39 is 0 Å². The quantitative estimate of drug-likeness (QED) is 0.762. The molecule has 6 heteroatoms. The fourth-order valence-corrected chi connectivity index (χ4v) is 2.87. The summed E-state index contributed by atoms with van der Waals surface area (Å²) in [6.07, 6.45) is 0.534. The summed E-state index contributed by atoms with van der Waals surface area (Å²) in [4.78, 5) is 16.8. The van der Waals surface area contributed by atoms with Gasteiger partial charge in [0.1, 0.15) is 17.5 Å². The van der Waals surface area contributed by atoms with Crippen LogP contribution < -0.4 is 5.73 Å². The second-order valence-electron chi connectivity index (χ2n) is 5.26. The highest BCUT2D eigenvalue weighted by molar-refractivity contribution is 9.10. The van der Waals surface area contributed by atoms with Crippen LogP contribution >= 0.6 is 15.9 Å². The van der Waals surface area contributed by atoms with E-state index in [1.807, 2.05) is 24.3 Å². The second-order valence-corrected chi connectivity index (χ2v) is 6.05. The molecule has 0 amide bonds. The van der Waals surface area contributed by atoms with Gasteiger partial charge in [-0.3, -0.25) is 0 Å². The number of aromatic nitrogens is 4. The number of nitrogen functional groups attached to an aromatic ring is 1. The first-order valence-corrected chi connectivity index (χ1v) is 7.59. The summed E-state index contributed by atoms with van der Waals surface area (Å²) >= 11 is 3.46. The van der Waals surface area contributed by atoms with Gasteiger partial charge in [-0.05, 0) is 34.0 Å². The van der Waals surface area contributed by atoms with Crippen molar-refractivity contribution < 1.29 is 0 Å². The minimum absolute atomic E-state index is 0.277. The number of nitrogens with zero attached hydrogens (tertiary/aromatic N) is 3. The lowest BCUT2D eigenvalue weighted by atomic mass is 10.1. The van der Waals surface area contributed by atoms with Crippen molar-refractivity contribution in [3.8, 4) is 0 Å². The molecule has 1 aromatic carbocycles. The molecular formula is C15H16BrN5. The summed E-state index contributed by atoms with van der Waals surface area (Å²) in [5, 5.41) is 0. The van der Waals surface area contributed by atoms with Crippen LogP contribution in [0.3, 0.4) is 0 Å². The predicted octanol–water partition coefficient (Wildman–Crippen LogP) is 3.41. The highest BCUT2D eigenvalue weighted by Crippen LogP contribution is 2.27. The maximum atomic E-state index is 5.96. The topological polar surface area (TPSA) is 80.5 Å². The Morgan fingerprint density at radius 1 is 1.19 bits per heavy atom. The molecule has 3 rings (SSSR count). The first kappa shape index (κ1) is 14.0. The fourth-order valence-electron chi connectivity index (χ4n) is 2.23. The van der Waals surface area contributed by atoms with Crippen molar-refractivity contribution in [3.05, 3.63) is 46.1 Å². The molecule has 2 heterocycles. The van der Waals surface area contributed by atoms with Gasteiger partial charge in [0.2, 0.25) is 0 Å². The molecule has 0 unspecified atom stereocenters. The molecule has 0 fully saturated rings. The highest BCUT2D eigenvalue weighted by atomic mass is 79.9. The number of rotatable bonds is 3. The summed E-state index contributed by atoms with van der Waals surface area (Å²) in [5.41, 5.74) is 8.85. The Morgan fingerprint density at radius 2 is 1.95 bits per heavy atom. The van der Waals surface area contributed by atoms with E-state index in [0.29, 0.717) is 18.1 Å². The van der Waals surface area contributed by atoms with Gasteiger partial charge in [0.25, 0.3) is 0 Å². The van der Waals surface area contributed by atoms with E-state index in [1.165, 1.54) is 0 Å². The molecule has 5 nitrogen and oxygen atoms in total. The van der Waals surface area contributed by atoms with E-state index in [1.54, 1.807) is 0 Å². The van der Waals surface area contributed by atoms with Crippen molar-refractivity contribution in [2.45, 2.75) is 26.2 Å². The summed E-state index contributed by atoms with van der Waals surface area (Å²) in [6.45, 7) is 4.16. The summed E-state index contributed by atoms with van der Waals surface area (Å²) in [7, 11) is 0. The Morgan fingerprint density at radius 3 is 2.67 bits per heavy atom. The zero-order valence-corrected chi connectivity index (χ0v) is 13.5. The predicted molar refractivity (Wildman–Crippen MR) is 87.1 cm³/mol. The molecule has 0 spiro atoms. The van der Waals surface area contributed by atoms with E-state index in [9.17, 15) is 0 Å². The lowest BCUT2D eigenvalue weighted by molar-refractivity contribution is 0.781. The lowest BCUT2D eigenvalue weighted by Crippen LogP contribution is -2.07. The Labute approximate surface area is 131 Å². The first-order chi connectivity index (χ1) is 10.0. The second kappa shape index (κ2) is 5.44. The Balaban J connectivity index is 1.97. The number of hydrogen-bond donors (Lipinski definition) is 2. The third-order valence-corrected chi connectivity index (χ3v) is 4.07. The number of benzene rings is 1. The lowest BCUT2D eigenvalue weighted by Gasteiger charge is -2.10. The number of para-hydroxylation sites is 2. The molecule has 0 saturated carbocycles. The molecule has 21 heavy (non-hydrogen) atoms. The van der Waals surface area contributed by atoms with Gasteiger partial charge in [-0.15, -0.1) is 0 Å². The molecule has 0 radical (unpaired) electrons. The minimum atomic E-state index is 0.277. The third-order valence-electron chi connectivity index (χ3n) is 3.26. The number of nitrogens with one attached hydrogen (secondary N) is 1. The molecule has 0 aliphatic carbocycles. The maximum Gasteiger partial charge on any atom is 0.141 e. The van der Waals surface area contributed by atoms with Crippen molar-refractivity contribution in [1.82, 2.24) is 19.9 Å². The summed E-state index contributed by atoms with van der Waals surface area (Å²) in [5.74, 6) is 2.27. The molecule has 0 aliphatic heterocycles. The molecule has 2 aromatic heterocycles. The molecule has 3 aromatic rings. The smallest absolute Gasteiger partial charge is 0.141 e. The van der Waals surface area contributed by atoms with Crippen LogP contribution in [0.25, 0.3) is 11.0 Å². The summed E-state index contributed by atoms with van der Waals surface area (Å²) in [6, 6.07) is 7.93. The number of halogens is 1.